The van der Waals surface area contributed by atoms with Crippen LogP contribution in [0.1, 0.15) is 27.7 Å². The van der Waals surface area contributed by atoms with Gasteiger partial charge in [0, 0.05) is 24.6 Å². The lowest BCUT2D eigenvalue weighted by Crippen LogP contribution is -2.22. The van der Waals surface area contributed by atoms with Crippen molar-refractivity contribution in [3.63, 3.8) is 0 Å². The molecule has 0 saturated heterocycles. The maximum Gasteiger partial charge on any atom is 0.344 e. The number of benzene rings is 3. The second-order valence-corrected chi connectivity index (χ2v) is 9.87. The summed E-state index contributed by atoms with van der Waals surface area (Å²) < 4.78 is 36.8. The Balaban J connectivity index is 1.14. The van der Waals surface area contributed by atoms with E-state index in [2.05, 4.69) is 10.3 Å². The van der Waals surface area contributed by atoms with E-state index >= 15 is 0 Å². The van der Waals surface area contributed by atoms with Gasteiger partial charge in [0.2, 0.25) is 12.2 Å². The monoisotopic (exact) mass is 576 g/mol. The molecule has 0 bridgehead atoms. The van der Waals surface area contributed by atoms with Crippen LogP contribution in [0.25, 0.3) is 11.1 Å². The van der Waals surface area contributed by atoms with Crippen molar-refractivity contribution in [1.29, 1.82) is 0 Å². The summed E-state index contributed by atoms with van der Waals surface area (Å²) in [6, 6.07) is 21.0. The van der Waals surface area contributed by atoms with Gasteiger partial charge in [0.25, 0.3) is 5.91 Å². The highest BCUT2D eigenvalue weighted by molar-refractivity contribution is 7.12. The second kappa shape index (κ2) is 12.5. The van der Waals surface area contributed by atoms with Gasteiger partial charge in [0.05, 0.1) is 5.51 Å². The van der Waals surface area contributed by atoms with E-state index in [-0.39, 0.29) is 34.9 Å². The summed E-state index contributed by atoms with van der Waals surface area (Å²) in [5.74, 6) is -1.70. The molecule has 3 aromatic carbocycles. The highest BCUT2D eigenvalue weighted by Crippen LogP contribution is 2.28. The Morgan fingerprint density at radius 3 is 2.61 bits per heavy atom. The van der Waals surface area contributed by atoms with Crippen LogP contribution in [0.2, 0.25) is 0 Å². The summed E-state index contributed by atoms with van der Waals surface area (Å²) in [4.78, 5) is 28.2. The molecular weight excluding hydrogens is 551 g/mol. The topological polar surface area (TPSA) is 116 Å². The highest BCUT2D eigenvalue weighted by Gasteiger charge is 2.25. The summed E-state index contributed by atoms with van der Waals surface area (Å²) in [7, 11) is 0. The molecule has 9 nitrogen and oxygen atoms in total. The molecule has 1 aliphatic rings. The zero-order valence-electron chi connectivity index (χ0n) is 21.8. The number of carboxylic acids is 1. The fourth-order valence-corrected chi connectivity index (χ4v) is 4.57. The molecule has 2 heterocycles. The highest BCUT2D eigenvalue weighted by atomic mass is 32.1. The molecule has 2 N–H and O–H groups in total. The minimum atomic E-state index is -1.14. The first-order valence-corrected chi connectivity index (χ1v) is 13.5. The number of rotatable bonds is 11. The third-order valence-electron chi connectivity index (χ3n) is 6.07. The van der Waals surface area contributed by atoms with Gasteiger partial charge < -0.3 is 29.4 Å². The first kappa shape index (κ1) is 27.7. The van der Waals surface area contributed by atoms with Crippen molar-refractivity contribution >= 4 is 23.2 Å². The number of halogens is 1. The molecule has 41 heavy (non-hydrogen) atoms. The SMILES string of the molecule is CC(Oc1ccc(-c2ccc(CNC(=O)c3scnc3OC3=COC(Cc4ccccc4)O3)cc2)c(F)c1)C(=O)O. The Bertz CT molecular complexity index is 1560. The minimum absolute atomic E-state index is 0.110. The van der Waals surface area contributed by atoms with E-state index in [1.54, 1.807) is 24.3 Å². The van der Waals surface area contributed by atoms with Crippen molar-refractivity contribution < 1.29 is 38.0 Å². The van der Waals surface area contributed by atoms with Crippen molar-refractivity contribution in [2.75, 3.05) is 0 Å². The summed E-state index contributed by atoms with van der Waals surface area (Å²) in [5, 5.41) is 11.8. The number of ether oxygens (including phenoxy) is 4. The maximum absolute atomic E-state index is 14.7. The number of hydrogen-bond donors (Lipinski definition) is 2. The summed E-state index contributed by atoms with van der Waals surface area (Å²) in [5.41, 5.74) is 4.30. The van der Waals surface area contributed by atoms with Gasteiger partial charge in [-0.25, -0.2) is 14.2 Å². The van der Waals surface area contributed by atoms with Gasteiger partial charge in [-0.2, -0.15) is 0 Å². The molecule has 1 aliphatic heterocycles. The van der Waals surface area contributed by atoms with E-state index in [9.17, 15) is 14.0 Å². The van der Waals surface area contributed by atoms with Crippen LogP contribution in [0.5, 0.6) is 11.6 Å². The van der Waals surface area contributed by atoms with E-state index in [0.29, 0.717) is 17.5 Å². The number of nitrogens with one attached hydrogen (secondary N) is 1. The minimum Gasteiger partial charge on any atom is -0.479 e. The Morgan fingerprint density at radius 2 is 1.88 bits per heavy atom. The molecule has 2 atom stereocenters. The number of aliphatic carboxylic acids is 1. The summed E-state index contributed by atoms with van der Waals surface area (Å²) in [6.07, 6.45) is 0.260. The second-order valence-electron chi connectivity index (χ2n) is 9.02. The van der Waals surface area contributed by atoms with Crippen LogP contribution in [0.4, 0.5) is 4.39 Å². The molecule has 11 heteroatoms. The Morgan fingerprint density at radius 1 is 1.10 bits per heavy atom. The lowest BCUT2D eigenvalue weighted by molar-refractivity contribution is -0.144. The van der Waals surface area contributed by atoms with Crippen LogP contribution in [-0.2, 0) is 27.2 Å². The van der Waals surface area contributed by atoms with Crippen LogP contribution in [0.15, 0.2) is 90.5 Å². The van der Waals surface area contributed by atoms with E-state index < -0.39 is 24.2 Å². The number of hydrogen-bond acceptors (Lipinski definition) is 8. The first-order chi connectivity index (χ1) is 19.9. The van der Waals surface area contributed by atoms with E-state index in [0.717, 1.165) is 28.5 Å². The van der Waals surface area contributed by atoms with Gasteiger partial charge in [0.15, 0.2) is 17.2 Å². The molecule has 0 spiro atoms. The Hall–Kier alpha value is -4.90. The molecule has 2 unspecified atom stereocenters. The fraction of sp³-hybridized carbons (Fsp3) is 0.167. The molecule has 0 aliphatic carbocycles. The average molecular weight is 577 g/mol. The number of carboxylic acid groups (broad SMARTS) is 1. The molecule has 1 amide bonds. The zero-order valence-corrected chi connectivity index (χ0v) is 22.6. The maximum atomic E-state index is 14.7. The smallest absolute Gasteiger partial charge is 0.344 e. The largest absolute Gasteiger partial charge is 0.479 e. The Labute approximate surface area is 238 Å². The van der Waals surface area contributed by atoms with Crippen molar-refractivity contribution in [2.45, 2.75) is 32.3 Å². The molecule has 0 fully saturated rings. The molecule has 5 rings (SSSR count). The average Bonchev–Trinajstić information content (AvgIpc) is 3.62. The van der Waals surface area contributed by atoms with Crippen molar-refractivity contribution in [3.8, 4) is 22.8 Å². The molecule has 4 aromatic rings. The number of thiazole rings is 1. The quantitative estimate of drug-likeness (QED) is 0.240. The van der Waals surface area contributed by atoms with E-state index in [1.165, 1.54) is 30.8 Å². The molecule has 0 saturated carbocycles. The van der Waals surface area contributed by atoms with Gasteiger partial charge in [-0.15, -0.1) is 11.3 Å². The zero-order chi connectivity index (χ0) is 28.8. The van der Waals surface area contributed by atoms with Crippen molar-refractivity contribution in [3.05, 3.63) is 112 Å². The van der Waals surface area contributed by atoms with Crippen molar-refractivity contribution in [1.82, 2.24) is 10.3 Å². The Kier molecular flexibility index (Phi) is 8.44. The van der Waals surface area contributed by atoms with Gasteiger partial charge in [-0.3, -0.25) is 4.79 Å². The summed E-state index contributed by atoms with van der Waals surface area (Å²) in [6.45, 7) is 1.59. The third-order valence-corrected chi connectivity index (χ3v) is 6.87. The fourth-order valence-electron chi connectivity index (χ4n) is 3.94. The lowest BCUT2D eigenvalue weighted by Gasteiger charge is -2.12. The van der Waals surface area contributed by atoms with Crippen LogP contribution < -0.4 is 14.8 Å². The number of nitrogens with zero attached hydrogens (tertiary/aromatic N) is 1. The molecular formula is C30H25FN2O7S. The standard InChI is InChI=1S/C30H25FN2O7S/c1-18(30(35)36)38-22-11-12-23(24(31)14-22)21-9-7-20(8-10-21)15-32-28(34)27-29(33-17-41-27)40-26-16-37-25(39-26)13-19-5-3-2-4-6-19/h2-12,14,16-18,25H,13,15H2,1H3,(H,32,34)(H,35,36). The first-order valence-electron chi connectivity index (χ1n) is 12.6. The number of carbonyl (C=O) groups is 2. The molecule has 1 aromatic heterocycles. The lowest BCUT2D eigenvalue weighted by atomic mass is 10.0. The molecule has 0 radical (unpaired) electrons. The summed E-state index contributed by atoms with van der Waals surface area (Å²) >= 11 is 1.13. The molecule has 210 valence electrons. The van der Waals surface area contributed by atoms with Gasteiger partial charge in [0.1, 0.15) is 11.6 Å². The van der Waals surface area contributed by atoms with E-state index in [4.69, 9.17) is 24.1 Å². The van der Waals surface area contributed by atoms with Crippen LogP contribution in [0.3, 0.4) is 0 Å². The number of amides is 1. The van der Waals surface area contributed by atoms with Gasteiger partial charge >= 0.3 is 11.9 Å². The van der Waals surface area contributed by atoms with Crippen LogP contribution >= 0.6 is 11.3 Å². The van der Waals surface area contributed by atoms with E-state index in [1.807, 2.05) is 30.3 Å². The number of aromatic nitrogens is 1. The third kappa shape index (κ3) is 7.00. The van der Waals surface area contributed by atoms with Gasteiger partial charge in [-0.05, 0) is 35.7 Å². The predicted octanol–water partition coefficient (Wildman–Crippen LogP) is 5.52. The predicted molar refractivity (Wildman–Crippen MR) is 148 cm³/mol. The van der Waals surface area contributed by atoms with Gasteiger partial charge in [-0.1, -0.05) is 54.6 Å². The van der Waals surface area contributed by atoms with Crippen LogP contribution in [-0.4, -0.2) is 34.4 Å². The number of carbonyl (C=O) groups excluding carboxylic acids is 1. The normalized spacial score (nSPS) is 14.8. The van der Waals surface area contributed by atoms with Crippen LogP contribution in [0, 0.1) is 5.82 Å². The van der Waals surface area contributed by atoms with Crippen molar-refractivity contribution in [2.24, 2.45) is 0 Å².